The molecule has 2 N–H and O–H groups in total. The Balaban J connectivity index is 3.81. The Labute approximate surface area is 73.2 Å². The van der Waals surface area contributed by atoms with Gasteiger partial charge in [-0.15, -0.1) is 0 Å². The maximum Gasteiger partial charge on any atom is 0.469 e. The van der Waals surface area contributed by atoms with Gasteiger partial charge in [0.15, 0.2) is 0 Å². The third kappa shape index (κ3) is 5.72. The van der Waals surface area contributed by atoms with Crippen molar-refractivity contribution in [2.75, 3.05) is 6.61 Å². The summed E-state index contributed by atoms with van der Waals surface area (Å²) in [6.07, 6.45) is 0.873. The van der Waals surface area contributed by atoms with Crippen LogP contribution in [0, 0.1) is 11.8 Å². The van der Waals surface area contributed by atoms with Crippen LogP contribution < -0.4 is 0 Å². The highest BCUT2D eigenvalue weighted by Crippen LogP contribution is 2.37. The standard InChI is InChI=1S/C7H17O4P/c1-4-7(6(2)3)5-11-12(8,9)10/h6-7H,4-5H2,1-3H3,(H2,8,9,10). The quantitative estimate of drug-likeness (QED) is 0.657. The molecule has 0 spiro atoms. The van der Waals surface area contributed by atoms with Crippen molar-refractivity contribution in [3.63, 3.8) is 0 Å². The summed E-state index contributed by atoms with van der Waals surface area (Å²) < 4.78 is 14.8. The van der Waals surface area contributed by atoms with E-state index in [0.29, 0.717) is 5.92 Å². The van der Waals surface area contributed by atoms with Crippen LogP contribution in [-0.2, 0) is 9.09 Å². The summed E-state index contributed by atoms with van der Waals surface area (Å²) in [6.45, 7) is 6.14. The van der Waals surface area contributed by atoms with Crippen LogP contribution in [0.1, 0.15) is 27.2 Å². The molecule has 0 saturated carbocycles. The van der Waals surface area contributed by atoms with E-state index in [0.717, 1.165) is 6.42 Å². The van der Waals surface area contributed by atoms with Crippen molar-refractivity contribution >= 4 is 7.82 Å². The molecule has 0 rings (SSSR count). The van der Waals surface area contributed by atoms with Crippen molar-refractivity contribution < 1.29 is 18.9 Å². The first-order valence-corrected chi connectivity index (χ1v) is 5.60. The van der Waals surface area contributed by atoms with Gasteiger partial charge in [-0.3, -0.25) is 4.52 Å². The Kier molecular flexibility index (Phi) is 5.02. The molecule has 0 aliphatic rings. The van der Waals surface area contributed by atoms with E-state index in [9.17, 15) is 4.57 Å². The lowest BCUT2D eigenvalue weighted by molar-refractivity contribution is 0.147. The number of phosphoric acid groups is 1. The van der Waals surface area contributed by atoms with Crippen molar-refractivity contribution in [2.45, 2.75) is 27.2 Å². The molecule has 0 aromatic heterocycles. The van der Waals surface area contributed by atoms with Gasteiger partial charge >= 0.3 is 7.82 Å². The first-order valence-electron chi connectivity index (χ1n) is 4.07. The van der Waals surface area contributed by atoms with E-state index in [2.05, 4.69) is 4.52 Å². The van der Waals surface area contributed by atoms with Crippen molar-refractivity contribution in [1.29, 1.82) is 0 Å². The van der Waals surface area contributed by atoms with E-state index < -0.39 is 7.82 Å². The van der Waals surface area contributed by atoms with Gasteiger partial charge in [-0.2, -0.15) is 0 Å². The fraction of sp³-hybridized carbons (Fsp3) is 1.00. The Hall–Kier alpha value is 0.110. The number of phosphoric ester groups is 1. The summed E-state index contributed by atoms with van der Waals surface area (Å²) in [6, 6.07) is 0. The maximum atomic E-state index is 10.3. The normalized spacial score (nSPS) is 15.2. The molecule has 0 bridgehead atoms. The fourth-order valence-corrected chi connectivity index (χ4v) is 1.36. The molecule has 0 radical (unpaired) electrons. The molecule has 0 aromatic rings. The van der Waals surface area contributed by atoms with Gasteiger partial charge in [-0.1, -0.05) is 27.2 Å². The van der Waals surface area contributed by atoms with E-state index in [1.165, 1.54) is 0 Å². The molecule has 0 fully saturated rings. The minimum atomic E-state index is -4.27. The molecule has 1 atom stereocenters. The van der Waals surface area contributed by atoms with Crippen LogP contribution in [0.3, 0.4) is 0 Å². The Morgan fingerprint density at radius 3 is 2.17 bits per heavy atom. The van der Waals surface area contributed by atoms with Gasteiger partial charge in [0.2, 0.25) is 0 Å². The zero-order valence-electron chi connectivity index (χ0n) is 7.73. The topological polar surface area (TPSA) is 66.8 Å². The molecule has 4 nitrogen and oxygen atoms in total. The van der Waals surface area contributed by atoms with Gasteiger partial charge in [0.1, 0.15) is 0 Å². The van der Waals surface area contributed by atoms with Crippen LogP contribution in [-0.4, -0.2) is 16.4 Å². The first-order chi connectivity index (χ1) is 5.37. The van der Waals surface area contributed by atoms with E-state index in [1.54, 1.807) is 0 Å². The average Bonchev–Trinajstić information content (AvgIpc) is 1.85. The summed E-state index contributed by atoms with van der Waals surface area (Å²) in [5.41, 5.74) is 0. The van der Waals surface area contributed by atoms with Crippen LogP contribution in [0.5, 0.6) is 0 Å². The Morgan fingerprint density at radius 2 is 1.92 bits per heavy atom. The number of hydrogen-bond donors (Lipinski definition) is 2. The molecule has 0 aliphatic carbocycles. The van der Waals surface area contributed by atoms with Crippen molar-refractivity contribution in [2.24, 2.45) is 11.8 Å². The second-order valence-electron chi connectivity index (χ2n) is 3.20. The minimum absolute atomic E-state index is 0.137. The average molecular weight is 196 g/mol. The molecular weight excluding hydrogens is 179 g/mol. The predicted octanol–water partition coefficient (Wildman–Crippen LogP) is 1.78. The molecule has 0 aliphatic heterocycles. The largest absolute Gasteiger partial charge is 0.469 e. The van der Waals surface area contributed by atoms with E-state index in [1.807, 2.05) is 20.8 Å². The first kappa shape index (κ1) is 12.1. The van der Waals surface area contributed by atoms with Gasteiger partial charge in [0.05, 0.1) is 6.61 Å². The smallest absolute Gasteiger partial charge is 0.303 e. The molecule has 0 aromatic carbocycles. The third-order valence-electron chi connectivity index (χ3n) is 1.92. The van der Waals surface area contributed by atoms with Crippen LogP contribution in [0.15, 0.2) is 0 Å². The highest BCUT2D eigenvalue weighted by atomic mass is 31.2. The predicted molar refractivity (Wildman–Crippen MR) is 46.6 cm³/mol. The lowest BCUT2D eigenvalue weighted by atomic mass is 9.94. The molecule has 0 saturated heterocycles. The van der Waals surface area contributed by atoms with Gasteiger partial charge in [-0.05, 0) is 11.8 Å². The monoisotopic (exact) mass is 196 g/mol. The van der Waals surface area contributed by atoms with Gasteiger partial charge < -0.3 is 9.79 Å². The SMILES string of the molecule is CCC(COP(=O)(O)O)C(C)C. The van der Waals surface area contributed by atoms with Crippen LogP contribution in [0.4, 0.5) is 0 Å². The van der Waals surface area contributed by atoms with E-state index in [4.69, 9.17) is 9.79 Å². The Morgan fingerprint density at radius 1 is 1.42 bits per heavy atom. The molecule has 0 heterocycles. The Bertz CT molecular complexity index is 163. The zero-order chi connectivity index (χ0) is 9.78. The highest BCUT2D eigenvalue weighted by molar-refractivity contribution is 7.46. The molecule has 74 valence electrons. The molecular formula is C7H17O4P. The second kappa shape index (κ2) is 4.97. The lowest BCUT2D eigenvalue weighted by Crippen LogP contribution is -2.14. The second-order valence-corrected chi connectivity index (χ2v) is 4.44. The highest BCUT2D eigenvalue weighted by Gasteiger charge is 2.18. The molecule has 0 amide bonds. The summed E-state index contributed by atoms with van der Waals surface area (Å²) >= 11 is 0. The van der Waals surface area contributed by atoms with Crippen molar-refractivity contribution in [3.8, 4) is 0 Å². The number of hydrogen-bond acceptors (Lipinski definition) is 2. The van der Waals surface area contributed by atoms with Gasteiger partial charge in [0.25, 0.3) is 0 Å². The maximum absolute atomic E-state index is 10.3. The third-order valence-corrected chi connectivity index (χ3v) is 2.41. The van der Waals surface area contributed by atoms with Crippen LogP contribution in [0.2, 0.25) is 0 Å². The van der Waals surface area contributed by atoms with Crippen molar-refractivity contribution in [1.82, 2.24) is 0 Å². The lowest BCUT2D eigenvalue weighted by Gasteiger charge is -2.18. The molecule has 1 unspecified atom stereocenters. The van der Waals surface area contributed by atoms with Crippen molar-refractivity contribution in [3.05, 3.63) is 0 Å². The fourth-order valence-electron chi connectivity index (χ4n) is 0.975. The van der Waals surface area contributed by atoms with Gasteiger partial charge in [0, 0.05) is 0 Å². The number of rotatable bonds is 5. The summed E-state index contributed by atoms with van der Waals surface area (Å²) in [5, 5.41) is 0. The van der Waals surface area contributed by atoms with Gasteiger partial charge in [-0.25, -0.2) is 4.57 Å². The molecule has 12 heavy (non-hydrogen) atoms. The molecule has 5 heteroatoms. The summed E-state index contributed by atoms with van der Waals surface area (Å²) in [5.74, 6) is 0.610. The zero-order valence-corrected chi connectivity index (χ0v) is 8.62. The summed E-state index contributed by atoms with van der Waals surface area (Å²) in [4.78, 5) is 16.9. The summed E-state index contributed by atoms with van der Waals surface area (Å²) in [7, 11) is -4.27. The van der Waals surface area contributed by atoms with E-state index >= 15 is 0 Å². The van der Waals surface area contributed by atoms with Crippen LogP contribution >= 0.6 is 7.82 Å². The minimum Gasteiger partial charge on any atom is -0.303 e. The van der Waals surface area contributed by atoms with Crippen LogP contribution in [0.25, 0.3) is 0 Å². The van der Waals surface area contributed by atoms with E-state index in [-0.39, 0.29) is 12.5 Å².